The molecule has 0 heterocycles. The number of hydrogen-bond acceptors (Lipinski definition) is 4. The van der Waals surface area contributed by atoms with Crippen LogP contribution in [0.1, 0.15) is 51.0 Å². The molecule has 0 bridgehead atoms. The number of anilines is 1. The number of para-hydroxylation sites is 1. The minimum atomic E-state index is -4.21. The lowest BCUT2D eigenvalue weighted by Gasteiger charge is -2.35. The summed E-state index contributed by atoms with van der Waals surface area (Å²) < 4.78 is 42.8. The maximum atomic E-state index is 14.7. The monoisotopic (exact) mass is 532 g/mol. The second-order valence-electron chi connectivity index (χ2n) is 9.52. The number of nitrogens with one attached hydrogen (secondary N) is 1. The highest BCUT2D eigenvalue weighted by Crippen LogP contribution is 2.24. The highest BCUT2D eigenvalue weighted by molar-refractivity contribution is 7.90. The Kier molecular flexibility index (Phi) is 10.0. The largest absolute Gasteiger partial charge is 0.352 e. The third-order valence-corrected chi connectivity index (χ3v) is 8.48. The van der Waals surface area contributed by atoms with Gasteiger partial charge in [-0.1, -0.05) is 68.7 Å². The average molecular weight is 533 g/mol. The van der Waals surface area contributed by atoms with Crippen molar-refractivity contribution in [1.29, 1.82) is 0 Å². The predicted molar refractivity (Wildman–Crippen MR) is 142 cm³/mol. The molecule has 0 radical (unpaired) electrons. The van der Waals surface area contributed by atoms with Crippen molar-refractivity contribution >= 4 is 27.7 Å². The minimum Gasteiger partial charge on any atom is -0.352 e. The average Bonchev–Trinajstić information content (AvgIpc) is 2.88. The van der Waals surface area contributed by atoms with Crippen LogP contribution in [-0.4, -0.2) is 62.2 Å². The van der Waals surface area contributed by atoms with Crippen molar-refractivity contribution in [1.82, 2.24) is 14.5 Å². The first-order chi connectivity index (χ1) is 17.6. The zero-order valence-electron chi connectivity index (χ0n) is 21.8. The summed E-state index contributed by atoms with van der Waals surface area (Å²) in [6.45, 7) is 1.28. The second kappa shape index (κ2) is 13.0. The molecule has 1 aliphatic rings. The molecule has 1 N–H and O–H groups in total. The van der Waals surface area contributed by atoms with Crippen LogP contribution in [-0.2, 0) is 26.3 Å². The summed E-state index contributed by atoms with van der Waals surface area (Å²) in [5.41, 5.74) is 0.566. The number of carbonyl (C=O) groups excluding carboxylic acids is 2. The summed E-state index contributed by atoms with van der Waals surface area (Å²) in [6.07, 6.45) is 5.39. The molecular formula is C27H37FN4O4S. The molecule has 1 atom stereocenters. The molecule has 3 rings (SSSR count). The van der Waals surface area contributed by atoms with Crippen molar-refractivity contribution in [3.63, 3.8) is 0 Å². The number of benzene rings is 2. The number of nitrogens with zero attached hydrogens (tertiary/aromatic N) is 3. The van der Waals surface area contributed by atoms with Crippen LogP contribution in [0.25, 0.3) is 0 Å². The highest BCUT2D eigenvalue weighted by Gasteiger charge is 2.35. The van der Waals surface area contributed by atoms with Crippen molar-refractivity contribution in [2.75, 3.05) is 24.9 Å². The van der Waals surface area contributed by atoms with Crippen molar-refractivity contribution < 1.29 is 22.4 Å². The Hall–Kier alpha value is -2.98. The molecule has 2 aromatic rings. The molecule has 202 valence electrons. The van der Waals surface area contributed by atoms with E-state index in [9.17, 15) is 22.4 Å². The fraction of sp³-hybridized carbons (Fsp3) is 0.481. The summed E-state index contributed by atoms with van der Waals surface area (Å²) in [6, 6.07) is 13.9. The summed E-state index contributed by atoms with van der Waals surface area (Å²) in [5, 5.41) is 3.10. The van der Waals surface area contributed by atoms with E-state index in [2.05, 4.69) is 5.32 Å². The second-order valence-corrected chi connectivity index (χ2v) is 11.6. The lowest BCUT2D eigenvalue weighted by atomic mass is 9.95. The number of hydrogen-bond donors (Lipinski definition) is 1. The van der Waals surface area contributed by atoms with Gasteiger partial charge in [0.1, 0.15) is 18.4 Å². The van der Waals surface area contributed by atoms with Crippen molar-refractivity contribution in [2.45, 2.75) is 64.1 Å². The van der Waals surface area contributed by atoms with Gasteiger partial charge in [0.05, 0.1) is 5.69 Å². The van der Waals surface area contributed by atoms with Crippen LogP contribution >= 0.6 is 0 Å². The van der Waals surface area contributed by atoms with E-state index in [1.54, 1.807) is 0 Å². The Morgan fingerprint density at radius 3 is 2.22 bits per heavy atom. The molecule has 1 fully saturated rings. The summed E-state index contributed by atoms with van der Waals surface area (Å²) in [7, 11) is -1.57. The molecule has 0 aromatic heterocycles. The van der Waals surface area contributed by atoms with Crippen LogP contribution < -0.4 is 9.62 Å². The van der Waals surface area contributed by atoms with E-state index in [0.717, 1.165) is 52.3 Å². The van der Waals surface area contributed by atoms with Gasteiger partial charge in [0, 0.05) is 26.7 Å². The molecule has 0 aliphatic heterocycles. The normalized spacial score (nSPS) is 15.3. The maximum absolute atomic E-state index is 14.7. The van der Waals surface area contributed by atoms with E-state index in [1.807, 2.05) is 37.3 Å². The highest BCUT2D eigenvalue weighted by atomic mass is 32.2. The van der Waals surface area contributed by atoms with Crippen LogP contribution in [0.3, 0.4) is 0 Å². The van der Waals surface area contributed by atoms with Crippen molar-refractivity contribution in [3.8, 4) is 0 Å². The Bertz CT molecular complexity index is 1150. The van der Waals surface area contributed by atoms with E-state index in [4.69, 9.17) is 0 Å². The fourth-order valence-corrected chi connectivity index (χ4v) is 5.66. The lowest BCUT2D eigenvalue weighted by molar-refractivity contribution is -0.140. The molecule has 8 nitrogen and oxygen atoms in total. The minimum absolute atomic E-state index is 0.0630. The predicted octanol–water partition coefficient (Wildman–Crippen LogP) is 3.69. The molecular weight excluding hydrogens is 495 g/mol. The van der Waals surface area contributed by atoms with Gasteiger partial charge in [-0.3, -0.25) is 9.59 Å². The standard InChI is InChI=1S/C27H37FN4O4S/c1-4-24(27(34)29-22-15-9-6-10-16-22)31(19-21-13-7-5-8-14-21)26(33)20-32(37(35,36)30(2)3)25-18-12-11-17-23(25)28/h5,7-8,11-14,17-18,22,24H,4,6,9-10,15-16,19-20H2,1-3H3,(H,29,34)/t24-/m1/s1. The van der Waals surface area contributed by atoms with Gasteiger partial charge in [-0.2, -0.15) is 12.7 Å². The number of rotatable bonds is 11. The van der Waals surface area contributed by atoms with Crippen molar-refractivity contribution in [2.24, 2.45) is 0 Å². The van der Waals surface area contributed by atoms with E-state index >= 15 is 0 Å². The van der Waals surface area contributed by atoms with Gasteiger partial charge in [0.2, 0.25) is 11.8 Å². The lowest BCUT2D eigenvalue weighted by Crippen LogP contribution is -2.54. The summed E-state index contributed by atoms with van der Waals surface area (Å²) in [4.78, 5) is 28.6. The maximum Gasteiger partial charge on any atom is 0.304 e. The first-order valence-electron chi connectivity index (χ1n) is 12.7. The smallest absolute Gasteiger partial charge is 0.304 e. The van der Waals surface area contributed by atoms with Gasteiger partial charge < -0.3 is 10.2 Å². The number of halogens is 1. The van der Waals surface area contributed by atoms with Crippen molar-refractivity contribution in [3.05, 3.63) is 66.0 Å². The van der Waals surface area contributed by atoms with E-state index in [-0.39, 0.29) is 24.2 Å². The zero-order valence-corrected chi connectivity index (χ0v) is 22.6. The third kappa shape index (κ3) is 7.29. The zero-order chi connectivity index (χ0) is 27.0. The first-order valence-corrected chi connectivity index (χ1v) is 14.1. The molecule has 1 aliphatic carbocycles. The molecule has 0 unspecified atom stereocenters. The van der Waals surface area contributed by atoms with Crippen LogP contribution in [0.2, 0.25) is 0 Å². The fourth-order valence-electron chi connectivity index (χ4n) is 4.60. The number of carbonyl (C=O) groups is 2. The van der Waals surface area contributed by atoms with E-state index in [0.29, 0.717) is 6.42 Å². The SMILES string of the molecule is CC[C@H](C(=O)NC1CCCCC1)N(Cc1ccccc1)C(=O)CN(c1ccccc1F)S(=O)(=O)N(C)C. The van der Waals surface area contributed by atoms with Gasteiger partial charge in [0.15, 0.2) is 0 Å². The Morgan fingerprint density at radius 1 is 1.00 bits per heavy atom. The third-order valence-electron chi connectivity index (χ3n) is 6.67. The van der Waals surface area contributed by atoms with Crippen LogP contribution in [0.15, 0.2) is 54.6 Å². The Morgan fingerprint density at radius 2 is 1.62 bits per heavy atom. The Balaban J connectivity index is 1.95. The molecule has 37 heavy (non-hydrogen) atoms. The van der Waals surface area contributed by atoms with E-state index in [1.165, 1.54) is 37.2 Å². The van der Waals surface area contributed by atoms with Gasteiger partial charge in [-0.15, -0.1) is 0 Å². The van der Waals surface area contributed by atoms with Gasteiger partial charge in [0.25, 0.3) is 0 Å². The van der Waals surface area contributed by atoms with Crippen LogP contribution in [0.5, 0.6) is 0 Å². The van der Waals surface area contributed by atoms with Gasteiger partial charge in [-0.05, 0) is 37.0 Å². The molecule has 0 spiro atoms. The molecule has 0 saturated heterocycles. The molecule has 2 aromatic carbocycles. The topological polar surface area (TPSA) is 90.0 Å². The van der Waals surface area contributed by atoms with Gasteiger partial charge in [-0.25, -0.2) is 8.70 Å². The summed E-state index contributed by atoms with van der Waals surface area (Å²) in [5.74, 6) is -1.62. The van der Waals surface area contributed by atoms with Crippen LogP contribution in [0.4, 0.5) is 10.1 Å². The first kappa shape index (κ1) is 28.6. The molecule has 1 saturated carbocycles. The van der Waals surface area contributed by atoms with Crippen LogP contribution in [0, 0.1) is 5.82 Å². The van der Waals surface area contributed by atoms with E-state index < -0.39 is 34.5 Å². The number of amides is 2. The summed E-state index contributed by atoms with van der Waals surface area (Å²) >= 11 is 0. The quantitative estimate of drug-likeness (QED) is 0.478. The van der Waals surface area contributed by atoms with Gasteiger partial charge >= 0.3 is 10.2 Å². The Labute approximate surface area is 219 Å². The molecule has 2 amide bonds. The molecule has 10 heteroatoms.